The van der Waals surface area contributed by atoms with E-state index in [1.54, 1.807) is 43.5 Å². The number of alkyl halides is 3. The number of fused-ring (bicyclic) bond motifs is 1. The van der Waals surface area contributed by atoms with Crippen LogP contribution in [-0.4, -0.2) is 52.6 Å². The van der Waals surface area contributed by atoms with E-state index in [4.69, 9.17) is 5.11 Å². The molecule has 0 aliphatic rings. The summed E-state index contributed by atoms with van der Waals surface area (Å²) < 4.78 is 43.6. The van der Waals surface area contributed by atoms with Gasteiger partial charge < -0.3 is 19.9 Å². The molecule has 0 fully saturated rings. The lowest BCUT2D eigenvalue weighted by molar-refractivity contribution is -0.137. The molecular weight excluding hydrogens is 477 g/mol. The number of nitrogens with one attached hydrogen (secondary N) is 1. The van der Waals surface area contributed by atoms with Gasteiger partial charge in [0, 0.05) is 42.9 Å². The molecule has 3 rings (SSSR count). The summed E-state index contributed by atoms with van der Waals surface area (Å²) in [4.78, 5) is 37.7. The van der Waals surface area contributed by atoms with Gasteiger partial charge in [-0.1, -0.05) is 13.5 Å². The van der Waals surface area contributed by atoms with Gasteiger partial charge in [-0.15, -0.1) is 0 Å². The summed E-state index contributed by atoms with van der Waals surface area (Å²) in [6, 6.07) is 8.23. The number of pyridine rings is 2. The van der Waals surface area contributed by atoms with E-state index >= 15 is 0 Å². The van der Waals surface area contributed by atoms with E-state index in [9.17, 15) is 27.6 Å². The first kappa shape index (κ1) is 30.3. The molecule has 36 heavy (non-hydrogen) atoms. The number of nitrogens with zero attached hydrogens (tertiary/aromatic N) is 3. The van der Waals surface area contributed by atoms with Crippen LogP contribution in [0.15, 0.2) is 41.3 Å². The minimum Gasteiger partial charge on any atom is -0.480 e. The highest BCUT2D eigenvalue weighted by atomic mass is 19.4. The Morgan fingerprint density at radius 2 is 1.86 bits per heavy atom. The SMILES string of the molecule is C.Cc1cc(Cc2c(C(F)(F)F)c3cc(CN(C)C)ccc3n(C)c2=O)ccn1.O=CNCC(=O)O. The first-order valence-corrected chi connectivity index (χ1v) is 10.5. The molecular formula is C25H31F3N4O4. The van der Waals surface area contributed by atoms with Crippen LogP contribution < -0.4 is 10.9 Å². The van der Waals surface area contributed by atoms with E-state index in [2.05, 4.69) is 4.98 Å². The van der Waals surface area contributed by atoms with Crippen LogP contribution in [0.1, 0.15) is 35.4 Å². The zero-order chi connectivity index (χ0) is 26.3. The van der Waals surface area contributed by atoms with Crippen molar-refractivity contribution in [1.29, 1.82) is 0 Å². The standard InChI is InChI=1S/C21H22F3N3O.C3H5NO3.CH4/c1-13-9-14(7-8-25-13)10-17-19(21(22,23)24)16-11-15(12-26(2)3)5-6-18(16)27(4)20(17)28;5-2-4-1-3(6)7;/h5-9,11H,10,12H2,1-4H3;2H,1H2,(H,4,5)(H,6,7);1H4. The van der Waals surface area contributed by atoms with Crippen LogP contribution >= 0.6 is 0 Å². The summed E-state index contributed by atoms with van der Waals surface area (Å²) in [6.07, 6.45) is -2.86. The number of aryl methyl sites for hydroxylation is 2. The number of aromatic nitrogens is 2. The van der Waals surface area contributed by atoms with Crippen molar-refractivity contribution in [3.63, 3.8) is 0 Å². The Morgan fingerprint density at radius 3 is 2.36 bits per heavy atom. The van der Waals surface area contributed by atoms with E-state index in [0.717, 1.165) is 5.56 Å². The molecule has 0 saturated heterocycles. The molecule has 2 N–H and O–H groups in total. The fourth-order valence-corrected chi connectivity index (χ4v) is 3.66. The quantitative estimate of drug-likeness (QED) is 0.475. The maximum atomic E-state index is 14.1. The van der Waals surface area contributed by atoms with Gasteiger partial charge in [0.05, 0.1) is 11.1 Å². The monoisotopic (exact) mass is 508 g/mol. The molecule has 0 spiro atoms. The third kappa shape index (κ3) is 7.91. The molecule has 0 aliphatic heterocycles. The molecule has 1 aromatic carbocycles. The topological polar surface area (TPSA) is 105 Å². The molecule has 3 aromatic rings. The van der Waals surface area contributed by atoms with Crippen LogP contribution in [0.3, 0.4) is 0 Å². The number of amides is 1. The van der Waals surface area contributed by atoms with Gasteiger partial charge >= 0.3 is 12.1 Å². The van der Waals surface area contributed by atoms with Crippen LogP contribution in [0.5, 0.6) is 0 Å². The number of carbonyl (C=O) groups is 2. The Bertz CT molecular complexity index is 1270. The van der Waals surface area contributed by atoms with Crippen molar-refractivity contribution in [1.82, 2.24) is 19.8 Å². The third-order valence-electron chi connectivity index (χ3n) is 5.02. The van der Waals surface area contributed by atoms with Gasteiger partial charge in [-0.25, -0.2) is 0 Å². The van der Waals surface area contributed by atoms with Crippen LogP contribution in [0.4, 0.5) is 13.2 Å². The minimum absolute atomic E-state index is 0. The molecule has 0 unspecified atom stereocenters. The van der Waals surface area contributed by atoms with Gasteiger partial charge in [0.15, 0.2) is 0 Å². The summed E-state index contributed by atoms with van der Waals surface area (Å²) in [5.41, 5.74) is 0.628. The van der Waals surface area contributed by atoms with E-state index < -0.39 is 23.3 Å². The Balaban J connectivity index is 0.000000712. The summed E-state index contributed by atoms with van der Waals surface area (Å²) in [5, 5.41) is 9.84. The van der Waals surface area contributed by atoms with E-state index in [1.807, 2.05) is 24.3 Å². The van der Waals surface area contributed by atoms with Crippen LogP contribution in [0.25, 0.3) is 10.9 Å². The molecule has 2 heterocycles. The van der Waals surface area contributed by atoms with E-state index in [-0.39, 0.29) is 36.9 Å². The number of hydrogen-bond donors (Lipinski definition) is 2. The molecule has 0 radical (unpaired) electrons. The maximum absolute atomic E-state index is 14.1. The first-order chi connectivity index (χ1) is 16.3. The molecule has 2 aromatic heterocycles. The predicted molar refractivity (Wildman–Crippen MR) is 132 cm³/mol. The summed E-state index contributed by atoms with van der Waals surface area (Å²) in [7, 11) is 5.22. The van der Waals surface area contributed by atoms with Crippen molar-refractivity contribution in [2.75, 3.05) is 20.6 Å². The number of rotatable bonds is 7. The van der Waals surface area contributed by atoms with Crippen LogP contribution in [-0.2, 0) is 35.8 Å². The summed E-state index contributed by atoms with van der Waals surface area (Å²) in [5.74, 6) is -1.04. The normalized spacial score (nSPS) is 10.9. The van der Waals surface area contributed by atoms with Gasteiger partial charge in [0.1, 0.15) is 6.54 Å². The highest BCUT2D eigenvalue weighted by Crippen LogP contribution is 2.37. The van der Waals surface area contributed by atoms with Crippen molar-refractivity contribution < 1.29 is 27.9 Å². The smallest absolute Gasteiger partial charge is 0.417 e. The molecule has 1 amide bonds. The van der Waals surface area contributed by atoms with Gasteiger partial charge in [-0.2, -0.15) is 13.2 Å². The zero-order valence-electron chi connectivity index (χ0n) is 19.8. The van der Waals surface area contributed by atoms with Gasteiger partial charge in [-0.3, -0.25) is 19.4 Å². The highest BCUT2D eigenvalue weighted by molar-refractivity contribution is 5.85. The Hall–Kier alpha value is -3.73. The average molecular weight is 509 g/mol. The Kier molecular flexibility index (Phi) is 10.8. The number of carbonyl (C=O) groups excluding carboxylic acids is 1. The van der Waals surface area contributed by atoms with Crippen molar-refractivity contribution in [3.05, 3.63) is 74.8 Å². The largest absolute Gasteiger partial charge is 0.480 e. The Morgan fingerprint density at radius 1 is 1.19 bits per heavy atom. The maximum Gasteiger partial charge on any atom is 0.417 e. The molecule has 8 nitrogen and oxygen atoms in total. The summed E-state index contributed by atoms with van der Waals surface area (Å²) in [6.45, 7) is 1.97. The van der Waals surface area contributed by atoms with Crippen LogP contribution in [0.2, 0.25) is 0 Å². The van der Waals surface area contributed by atoms with Crippen molar-refractivity contribution in [2.24, 2.45) is 7.05 Å². The second kappa shape index (κ2) is 12.8. The van der Waals surface area contributed by atoms with Gasteiger partial charge in [-0.05, 0) is 56.4 Å². The van der Waals surface area contributed by atoms with Crippen molar-refractivity contribution in [3.8, 4) is 0 Å². The second-order valence-electron chi connectivity index (χ2n) is 8.18. The van der Waals surface area contributed by atoms with E-state index in [1.165, 1.54) is 11.6 Å². The highest BCUT2D eigenvalue weighted by Gasteiger charge is 2.37. The van der Waals surface area contributed by atoms with Crippen molar-refractivity contribution in [2.45, 2.75) is 33.5 Å². The lowest BCUT2D eigenvalue weighted by Gasteiger charge is -2.19. The lowest BCUT2D eigenvalue weighted by Crippen LogP contribution is -2.27. The van der Waals surface area contributed by atoms with Crippen molar-refractivity contribution >= 4 is 23.3 Å². The number of carboxylic acid groups (broad SMARTS) is 1. The molecule has 0 atom stereocenters. The average Bonchev–Trinajstić information content (AvgIpc) is 2.75. The fourth-order valence-electron chi connectivity index (χ4n) is 3.66. The van der Waals surface area contributed by atoms with Gasteiger partial charge in [0.25, 0.3) is 5.56 Å². The minimum atomic E-state index is -4.64. The molecule has 11 heteroatoms. The molecule has 0 bridgehead atoms. The van der Waals surface area contributed by atoms with Gasteiger partial charge in [0.2, 0.25) is 6.41 Å². The molecule has 0 saturated carbocycles. The lowest BCUT2D eigenvalue weighted by atomic mass is 9.96. The number of benzene rings is 1. The predicted octanol–water partition coefficient (Wildman–Crippen LogP) is 3.37. The third-order valence-corrected chi connectivity index (χ3v) is 5.02. The zero-order valence-corrected chi connectivity index (χ0v) is 19.8. The summed E-state index contributed by atoms with van der Waals surface area (Å²) >= 11 is 0. The number of halogens is 3. The molecule has 0 aliphatic carbocycles. The fraction of sp³-hybridized carbons (Fsp3) is 0.360. The number of carboxylic acids is 1. The van der Waals surface area contributed by atoms with Crippen LogP contribution in [0, 0.1) is 6.92 Å². The molecule has 196 valence electrons. The second-order valence-corrected chi connectivity index (χ2v) is 8.18. The Labute approximate surface area is 207 Å². The number of hydrogen-bond acceptors (Lipinski definition) is 5. The number of aliphatic carboxylic acids is 1. The van der Waals surface area contributed by atoms with E-state index in [0.29, 0.717) is 24.2 Å². The first-order valence-electron chi connectivity index (χ1n) is 10.5.